The summed E-state index contributed by atoms with van der Waals surface area (Å²) in [7, 11) is 0. The topological polar surface area (TPSA) is 4.44 Å². The van der Waals surface area contributed by atoms with Gasteiger partial charge in [-0.2, -0.15) is 0 Å². The molecule has 0 amide bonds. The quantitative estimate of drug-likeness (QED) is 0.625. The molecule has 3 rings (SSSR count). The molecule has 1 nitrogen and oxygen atoms in total. The zero-order valence-corrected chi connectivity index (χ0v) is 10.2. The average molecular weight is 206 g/mol. The van der Waals surface area contributed by atoms with Crippen molar-refractivity contribution in [2.75, 3.05) is 13.1 Å². The van der Waals surface area contributed by atoms with Gasteiger partial charge < -0.3 is 4.90 Å². The van der Waals surface area contributed by atoms with Crippen molar-refractivity contribution < 1.29 is 4.90 Å². The van der Waals surface area contributed by atoms with E-state index in [9.17, 15) is 0 Å². The molecule has 2 aliphatic heterocycles. The van der Waals surface area contributed by atoms with Gasteiger partial charge in [-0.15, -0.1) is 0 Å². The summed E-state index contributed by atoms with van der Waals surface area (Å²) in [6.07, 6.45) is 8.57. The van der Waals surface area contributed by atoms with Gasteiger partial charge in [0.25, 0.3) is 0 Å². The Labute approximate surface area is 93.5 Å². The molecule has 0 aromatic heterocycles. The molecule has 0 saturated carbocycles. The van der Waals surface area contributed by atoms with Crippen molar-refractivity contribution in [3.8, 4) is 0 Å². The number of rotatable bonds is 1. The number of nitrogens with one attached hydrogen (secondary N) is 1. The summed E-state index contributed by atoms with van der Waals surface area (Å²) in [4.78, 5) is 1.91. The van der Waals surface area contributed by atoms with E-state index in [0.717, 1.165) is 5.92 Å². The van der Waals surface area contributed by atoms with Crippen molar-refractivity contribution in [3.05, 3.63) is 11.1 Å². The molecule has 0 aromatic rings. The molecule has 1 fully saturated rings. The summed E-state index contributed by atoms with van der Waals surface area (Å²) in [5, 5.41) is 0. The standard InChI is InChI=1S/C14H23N/c1-3-11-9-14(2)13-6-4-5-12(13)7-8-15(14)10-11/h11H,3-10H2,1-2H3/p+1/t11-,14+/m1/s1. The van der Waals surface area contributed by atoms with Crippen LogP contribution in [0.3, 0.4) is 0 Å². The minimum Gasteiger partial charge on any atom is -0.326 e. The lowest BCUT2D eigenvalue weighted by Crippen LogP contribution is -3.18. The molecule has 3 atom stereocenters. The van der Waals surface area contributed by atoms with E-state index in [-0.39, 0.29) is 0 Å². The van der Waals surface area contributed by atoms with E-state index in [4.69, 9.17) is 0 Å². The lowest BCUT2D eigenvalue weighted by Gasteiger charge is -2.38. The highest BCUT2D eigenvalue weighted by Gasteiger charge is 2.51. The highest BCUT2D eigenvalue weighted by atomic mass is 15.2. The van der Waals surface area contributed by atoms with Crippen LogP contribution in [-0.2, 0) is 0 Å². The van der Waals surface area contributed by atoms with Crippen molar-refractivity contribution in [1.82, 2.24) is 0 Å². The number of fused-ring (bicyclic) bond motifs is 2. The third-order valence-electron chi connectivity index (χ3n) is 5.32. The summed E-state index contributed by atoms with van der Waals surface area (Å²) in [5.74, 6) is 0.998. The second-order valence-corrected chi connectivity index (χ2v) is 6.05. The van der Waals surface area contributed by atoms with Crippen molar-refractivity contribution in [3.63, 3.8) is 0 Å². The summed E-state index contributed by atoms with van der Waals surface area (Å²) < 4.78 is 0. The Bertz CT molecular complexity index is 304. The summed E-state index contributed by atoms with van der Waals surface area (Å²) >= 11 is 0. The van der Waals surface area contributed by atoms with Crippen LogP contribution < -0.4 is 4.90 Å². The summed E-state index contributed by atoms with van der Waals surface area (Å²) in [6.45, 7) is 7.79. The Hall–Kier alpha value is -0.300. The van der Waals surface area contributed by atoms with Gasteiger partial charge in [-0.05, 0) is 38.2 Å². The first-order valence-electron chi connectivity index (χ1n) is 6.80. The maximum Gasteiger partial charge on any atom is 0.117 e. The first-order valence-corrected chi connectivity index (χ1v) is 6.80. The molecule has 0 spiro atoms. The van der Waals surface area contributed by atoms with E-state index in [1.54, 1.807) is 0 Å². The van der Waals surface area contributed by atoms with E-state index in [1.165, 1.54) is 51.6 Å². The lowest BCUT2D eigenvalue weighted by atomic mass is 9.81. The molecule has 0 aromatic carbocycles. The van der Waals surface area contributed by atoms with Gasteiger partial charge in [0.1, 0.15) is 5.54 Å². The zero-order chi connectivity index (χ0) is 10.5. The Morgan fingerprint density at radius 1 is 1.33 bits per heavy atom. The fourth-order valence-electron chi connectivity index (χ4n) is 4.42. The molecular formula is C14H24N+. The molecule has 0 radical (unpaired) electrons. The summed E-state index contributed by atoms with van der Waals surface area (Å²) in [6, 6.07) is 0. The van der Waals surface area contributed by atoms with Gasteiger partial charge in [0.2, 0.25) is 0 Å². The van der Waals surface area contributed by atoms with E-state index in [2.05, 4.69) is 13.8 Å². The highest BCUT2D eigenvalue weighted by molar-refractivity contribution is 5.30. The van der Waals surface area contributed by atoms with Crippen LogP contribution in [0.5, 0.6) is 0 Å². The van der Waals surface area contributed by atoms with Crippen molar-refractivity contribution in [2.45, 2.75) is 57.9 Å². The first kappa shape index (κ1) is 9.89. The third-order valence-corrected chi connectivity index (χ3v) is 5.32. The number of quaternary nitrogens is 1. The van der Waals surface area contributed by atoms with Crippen LogP contribution in [0, 0.1) is 5.92 Å². The molecule has 0 bridgehead atoms. The molecule has 1 unspecified atom stereocenters. The zero-order valence-electron chi connectivity index (χ0n) is 10.2. The van der Waals surface area contributed by atoms with E-state index in [1.807, 2.05) is 16.0 Å². The smallest absolute Gasteiger partial charge is 0.117 e. The molecule has 15 heavy (non-hydrogen) atoms. The van der Waals surface area contributed by atoms with Crippen LogP contribution in [0.2, 0.25) is 0 Å². The summed E-state index contributed by atoms with van der Waals surface area (Å²) in [5.41, 5.74) is 4.31. The van der Waals surface area contributed by atoms with Crippen LogP contribution in [0.4, 0.5) is 0 Å². The highest BCUT2D eigenvalue weighted by Crippen LogP contribution is 2.41. The second-order valence-electron chi connectivity index (χ2n) is 6.05. The van der Waals surface area contributed by atoms with E-state index >= 15 is 0 Å². The van der Waals surface area contributed by atoms with Gasteiger partial charge >= 0.3 is 0 Å². The Morgan fingerprint density at radius 2 is 2.20 bits per heavy atom. The fraction of sp³-hybridized carbons (Fsp3) is 0.857. The second kappa shape index (κ2) is 3.35. The van der Waals surface area contributed by atoms with Crippen molar-refractivity contribution in [1.29, 1.82) is 0 Å². The predicted octanol–water partition coefficient (Wildman–Crippen LogP) is 1.94. The third kappa shape index (κ3) is 1.32. The minimum absolute atomic E-state index is 0.560. The molecule has 84 valence electrons. The maximum absolute atomic E-state index is 2.55. The Balaban J connectivity index is 1.94. The molecule has 2 heterocycles. The molecular weight excluding hydrogens is 182 g/mol. The normalized spacial score (nSPS) is 44.4. The number of hydrogen-bond donors (Lipinski definition) is 1. The minimum atomic E-state index is 0.560. The van der Waals surface area contributed by atoms with Crippen LogP contribution >= 0.6 is 0 Å². The Morgan fingerprint density at radius 3 is 3.00 bits per heavy atom. The average Bonchev–Trinajstić information content (AvgIpc) is 2.80. The number of hydrogen-bond acceptors (Lipinski definition) is 0. The molecule has 3 aliphatic rings. The van der Waals surface area contributed by atoms with Crippen LogP contribution in [0.1, 0.15) is 52.4 Å². The van der Waals surface area contributed by atoms with Gasteiger partial charge in [0, 0.05) is 18.8 Å². The van der Waals surface area contributed by atoms with E-state index in [0.29, 0.717) is 5.54 Å². The van der Waals surface area contributed by atoms with Crippen molar-refractivity contribution >= 4 is 0 Å². The molecule has 1 N–H and O–H groups in total. The molecule has 1 heteroatoms. The first-order chi connectivity index (χ1) is 7.24. The van der Waals surface area contributed by atoms with Gasteiger partial charge in [0.05, 0.1) is 13.1 Å². The van der Waals surface area contributed by atoms with Crippen LogP contribution in [0.25, 0.3) is 0 Å². The maximum atomic E-state index is 2.55. The lowest BCUT2D eigenvalue weighted by molar-refractivity contribution is -0.934. The van der Waals surface area contributed by atoms with Gasteiger partial charge in [-0.25, -0.2) is 0 Å². The van der Waals surface area contributed by atoms with Crippen LogP contribution in [0.15, 0.2) is 11.1 Å². The fourth-order valence-corrected chi connectivity index (χ4v) is 4.42. The Kier molecular flexibility index (Phi) is 2.21. The SMILES string of the molecule is CC[C@H]1C[NH+]2CCC3=C(CCC3)[C@]2(C)C1. The van der Waals surface area contributed by atoms with Gasteiger partial charge in [-0.1, -0.05) is 12.5 Å². The van der Waals surface area contributed by atoms with E-state index < -0.39 is 0 Å². The predicted molar refractivity (Wildman–Crippen MR) is 63.0 cm³/mol. The molecule has 1 saturated heterocycles. The van der Waals surface area contributed by atoms with Crippen molar-refractivity contribution in [2.24, 2.45) is 5.92 Å². The van der Waals surface area contributed by atoms with Gasteiger partial charge in [0.15, 0.2) is 0 Å². The molecule has 1 aliphatic carbocycles. The van der Waals surface area contributed by atoms with Gasteiger partial charge in [-0.3, -0.25) is 0 Å². The van der Waals surface area contributed by atoms with Crippen LogP contribution in [-0.4, -0.2) is 18.6 Å². The monoisotopic (exact) mass is 206 g/mol. The largest absolute Gasteiger partial charge is 0.326 e.